The van der Waals surface area contributed by atoms with Crippen molar-refractivity contribution in [3.05, 3.63) is 40.1 Å². The monoisotopic (exact) mass is 447 g/mol. The van der Waals surface area contributed by atoms with E-state index in [1.54, 1.807) is 25.4 Å². The zero-order valence-electron chi connectivity index (χ0n) is 16.6. The van der Waals surface area contributed by atoms with Crippen LogP contribution in [0.1, 0.15) is 22.7 Å². The van der Waals surface area contributed by atoms with Gasteiger partial charge in [-0.3, -0.25) is 4.90 Å². The number of halogens is 3. The molecule has 2 aromatic heterocycles. The van der Waals surface area contributed by atoms with Gasteiger partial charge in [0.25, 0.3) is 0 Å². The molecule has 0 fully saturated rings. The van der Waals surface area contributed by atoms with E-state index in [2.05, 4.69) is 37.3 Å². The summed E-state index contributed by atoms with van der Waals surface area (Å²) >= 11 is 1.80. The van der Waals surface area contributed by atoms with E-state index in [1.165, 1.54) is 15.5 Å². The third-order valence-corrected chi connectivity index (χ3v) is 5.16. The Morgan fingerprint density at radius 2 is 2.03 bits per heavy atom. The van der Waals surface area contributed by atoms with Gasteiger partial charge in [-0.2, -0.15) is 13.2 Å². The van der Waals surface area contributed by atoms with Crippen molar-refractivity contribution < 1.29 is 27.9 Å². The maximum Gasteiger partial charge on any atom is 0.490 e. The average molecular weight is 447 g/mol. The van der Waals surface area contributed by atoms with Crippen LogP contribution in [-0.4, -0.2) is 63.3 Å². The molecule has 0 saturated carbocycles. The molecule has 0 spiro atoms. The van der Waals surface area contributed by atoms with Crippen molar-refractivity contribution in [1.29, 1.82) is 0 Å². The lowest BCUT2D eigenvalue weighted by Crippen LogP contribution is -2.34. The van der Waals surface area contributed by atoms with Gasteiger partial charge in [-0.1, -0.05) is 6.07 Å². The highest BCUT2D eigenvalue weighted by Gasteiger charge is 2.38. The Balaban J connectivity index is 0.000000396. The minimum atomic E-state index is -5.08. The number of rotatable bonds is 4. The van der Waals surface area contributed by atoms with Crippen molar-refractivity contribution in [2.75, 3.05) is 20.6 Å². The lowest BCUT2D eigenvalue weighted by atomic mass is 10.3. The van der Waals surface area contributed by atoms with Crippen molar-refractivity contribution >= 4 is 23.3 Å². The summed E-state index contributed by atoms with van der Waals surface area (Å²) in [6.07, 6.45) is -2.06. The number of nitrogens with zero attached hydrogens (tertiary/aromatic N) is 4. The summed E-state index contributed by atoms with van der Waals surface area (Å²) in [7, 11) is 3.48. The van der Waals surface area contributed by atoms with Crippen LogP contribution >= 0.6 is 11.3 Å². The Kier molecular flexibility index (Phi) is 8.24. The zero-order valence-corrected chi connectivity index (χ0v) is 17.5. The first-order chi connectivity index (χ1) is 14.1. The molecule has 8 nitrogen and oxygen atoms in total. The van der Waals surface area contributed by atoms with Crippen molar-refractivity contribution in [3.63, 3.8) is 0 Å². The van der Waals surface area contributed by atoms with Crippen LogP contribution in [0.3, 0.4) is 0 Å². The van der Waals surface area contributed by atoms with Gasteiger partial charge >= 0.3 is 18.2 Å². The molecule has 0 radical (unpaired) electrons. The van der Waals surface area contributed by atoms with E-state index in [4.69, 9.17) is 9.90 Å². The number of imidazole rings is 1. The molecule has 30 heavy (non-hydrogen) atoms. The zero-order chi connectivity index (χ0) is 22.3. The van der Waals surface area contributed by atoms with E-state index >= 15 is 0 Å². The number of aliphatic carboxylic acids is 1. The highest BCUT2D eigenvalue weighted by atomic mass is 32.1. The Bertz CT molecular complexity index is 837. The molecule has 0 saturated heterocycles. The number of alkyl halides is 3. The first-order valence-corrected chi connectivity index (χ1v) is 9.98. The maximum absolute atomic E-state index is 11.7. The Morgan fingerprint density at radius 1 is 1.33 bits per heavy atom. The third-order valence-electron chi connectivity index (χ3n) is 4.29. The topological polar surface area (TPSA) is 90.7 Å². The Morgan fingerprint density at radius 3 is 2.60 bits per heavy atom. The first-order valence-electron chi connectivity index (χ1n) is 9.10. The number of carbonyl (C=O) groups excluding carboxylic acids is 1. The summed E-state index contributed by atoms with van der Waals surface area (Å²) in [6.45, 7) is 4.41. The number of hydrogen-bond acceptors (Lipinski definition) is 5. The van der Waals surface area contributed by atoms with Crippen molar-refractivity contribution in [1.82, 2.24) is 24.7 Å². The van der Waals surface area contributed by atoms with Crippen LogP contribution < -0.4 is 5.32 Å². The highest BCUT2D eigenvalue weighted by Crippen LogP contribution is 2.20. The molecular weight excluding hydrogens is 423 g/mol. The van der Waals surface area contributed by atoms with Crippen LogP contribution in [0.15, 0.2) is 23.8 Å². The number of amides is 2. The fourth-order valence-corrected chi connectivity index (χ4v) is 3.55. The molecule has 0 bridgehead atoms. The number of carboxylic acid groups (broad SMARTS) is 1. The molecule has 3 heterocycles. The second-order valence-corrected chi connectivity index (χ2v) is 7.86. The minimum Gasteiger partial charge on any atom is -0.475 e. The summed E-state index contributed by atoms with van der Waals surface area (Å²) in [5, 5.41) is 12.2. The second-order valence-electron chi connectivity index (χ2n) is 6.83. The lowest BCUT2D eigenvalue weighted by molar-refractivity contribution is -0.192. The predicted molar refractivity (Wildman–Crippen MR) is 105 cm³/mol. The van der Waals surface area contributed by atoms with E-state index in [0.717, 1.165) is 38.3 Å². The molecule has 0 atom stereocenters. The summed E-state index contributed by atoms with van der Waals surface area (Å²) < 4.78 is 34.0. The van der Waals surface area contributed by atoms with Gasteiger partial charge in [0.1, 0.15) is 0 Å². The van der Waals surface area contributed by atoms with Gasteiger partial charge < -0.3 is 19.9 Å². The number of hydrogen-bond donors (Lipinski definition) is 2. The molecule has 2 N–H and O–H groups in total. The summed E-state index contributed by atoms with van der Waals surface area (Å²) in [4.78, 5) is 30.5. The summed E-state index contributed by atoms with van der Waals surface area (Å²) in [5.41, 5.74) is 2.19. The van der Waals surface area contributed by atoms with Crippen LogP contribution in [0.25, 0.3) is 0 Å². The number of carboxylic acids is 1. The summed E-state index contributed by atoms with van der Waals surface area (Å²) in [5.74, 6) is -2.76. The van der Waals surface area contributed by atoms with Gasteiger partial charge in [-0.15, -0.1) is 11.3 Å². The number of thiophene rings is 1. The number of aromatic nitrogens is 2. The molecule has 1 aliphatic heterocycles. The SMILES string of the molecule is CN(C)C(=O)NCc1ncn2c1CN(Cc1cccs1)CCC2.O=C(O)C(F)(F)F. The fourth-order valence-electron chi connectivity index (χ4n) is 2.80. The summed E-state index contributed by atoms with van der Waals surface area (Å²) in [6, 6.07) is 4.20. The van der Waals surface area contributed by atoms with E-state index in [-0.39, 0.29) is 6.03 Å². The number of aryl methyl sites for hydroxylation is 1. The van der Waals surface area contributed by atoms with Gasteiger partial charge in [-0.25, -0.2) is 14.6 Å². The molecule has 1 aliphatic rings. The number of fused-ring (bicyclic) bond motifs is 1. The molecule has 0 aliphatic carbocycles. The molecular formula is C18H24F3N5O3S. The molecule has 166 valence electrons. The highest BCUT2D eigenvalue weighted by molar-refractivity contribution is 7.09. The fraction of sp³-hybridized carbons (Fsp3) is 0.500. The minimum absolute atomic E-state index is 0.0872. The standard InChI is InChI=1S/C16H23N5OS.C2HF3O2/c1-19(2)16(22)17-9-14-15-11-20(10-13-5-3-8-23-13)6-4-7-21(15)12-18-14;3-2(4,5)1(6)7/h3,5,8,12H,4,6-7,9-11H2,1-2H3,(H,17,22);(H,6,7). The van der Waals surface area contributed by atoms with Crippen LogP contribution in [-0.2, 0) is 31.0 Å². The molecule has 2 aromatic rings. The normalized spacial score (nSPS) is 14.2. The van der Waals surface area contributed by atoms with Crippen LogP contribution in [0.4, 0.5) is 18.0 Å². The van der Waals surface area contributed by atoms with Crippen molar-refractivity contribution in [3.8, 4) is 0 Å². The molecule has 0 unspecified atom stereocenters. The van der Waals surface area contributed by atoms with Gasteiger partial charge in [0.05, 0.1) is 24.3 Å². The van der Waals surface area contributed by atoms with Crippen molar-refractivity contribution in [2.24, 2.45) is 0 Å². The predicted octanol–water partition coefficient (Wildman–Crippen LogP) is 2.75. The number of urea groups is 1. The largest absolute Gasteiger partial charge is 0.490 e. The molecule has 0 aromatic carbocycles. The molecule has 12 heteroatoms. The second kappa shape index (κ2) is 10.4. The smallest absolute Gasteiger partial charge is 0.475 e. The first kappa shape index (κ1) is 23.7. The van der Waals surface area contributed by atoms with Crippen LogP contribution in [0.5, 0.6) is 0 Å². The van der Waals surface area contributed by atoms with Crippen LogP contribution in [0.2, 0.25) is 0 Å². The Hall–Kier alpha value is -2.60. The maximum atomic E-state index is 11.7. The lowest BCUT2D eigenvalue weighted by Gasteiger charge is -2.19. The third kappa shape index (κ3) is 7.02. The van der Waals surface area contributed by atoms with Crippen LogP contribution in [0, 0.1) is 0 Å². The number of nitrogens with one attached hydrogen (secondary N) is 1. The quantitative estimate of drug-likeness (QED) is 0.752. The van der Waals surface area contributed by atoms with E-state index in [1.807, 2.05) is 6.33 Å². The Labute approximate surface area is 175 Å². The van der Waals surface area contributed by atoms with E-state index in [0.29, 0.717) is 6.54 Å². The van der Waals surface area contributed by atoms with Crippen molar-refractivity contribution in [2.45, 2.75) is 38.8 Å². The van der Waals surface area contributed by atoms with E-state index < -0.39 is 12.1 Å². The van der Waals surface area contributed by atoms with Gasteiger partial charge in [0, 0.05) is 45.2 Å². The number of carbonyl (C=O) groups is 2. The molecule has 3 rings (SSSR count). The van der Waals surface area contributed by atoms with Gasteiger partial charge in [-0.05, 0) is 17.9 Å². The average Bonchev–Trinajstić information content (AvgIpc) is 3.25. The van der Waals surface area contributed by atoms with Gasteiger partial charge in [0.15, 0.2) is 0 Å². The van der Waals surface area contributed by atoms with Gasteiger partial charge in [0.2, 0.25) is 0 Å². The van der Waals surface area contributed by atoms with E-state index in [9.17, 15) is 18.0 Å². The molecule has 2 amide bonds.